The van der Waals surface area contributed by atoms with Gasteiger partial charge in [0, 0.05) is 24.2 Å². The van der Waals surface area contributed by atoms with Crippen molar-refractivity contribution in [2.45, 2.75) is 32.6 Å². The molecule has 0 aliphatic carbocycles. The number of aromatic carboxylic acids is 1. The van der Waals surface area contributed by atoms with E-state index in [4.69, 9.17) is 9.52 Å². The molecular weight excluding hydrogens is 418 g/mol. The molecule has 1 aliphatic rings. The van der Waals surface area contributed by atoms with Gasteiger partial charge in [0.25, 0.3) is 0 Å². The van der Waals surface area contributed by atoms with Crippen LogP contribution in [0, 0.1) is 6.92 Å². The molecule has 0 bridgehead atoms. The summed E-state index contributed by atoms with van der Waals surface area (Å²) >= 11 is 1.28. The van der Waals surface area contributed by atoms with Crippen molar-refractivity contribution < 1.29 is 19.1 Å². The van der Waals surface area contributed by atoms with Crippen LogP contribution >= 0.6 is 11.3 Å². The summed E-state index contributed by atoms with van der Waals surface area (Å²) in [5.41, 5.74) is 2.81. The molecule has 0 atom stereocenters. The molecule has 4 rings (SSSR count). The number of carbonyl (C=O) groups is 2. The number of carboxylic acids is 1. The molecular formula is C21H23N5O4S. The summed E-state index contributed by atoms with van der Waals surface area (Å²) in [7, 11) is 0. The van der Waals surface area contributed by atoms with Crippen LogP contribution in [0.2, 0.25) is 0 Å². The second-order valence-electron chi connectivity index (χ2n) is 7.39. The van der Waals surface area contributed by atoms with Crippen molar-refractivity contribution in [3.8, 4) is 0 Å². The van der Waals surface area contributed by atoms with Gasteiger partial charge in [-0.05, 0) is 43.9 Å². The lowest BCUT2D eigenvalue weighted by Crippen LogP contribution is -2.31. The third-order valence-electron chi connectivity index (χ3n) is 4.97. The normalized spacial score (nSPS) is 13.8. The Morgan fingerprint density at radius 2 is 2.03 bits per heavy atom. The van der Waals surface area contributed by atoms with Gasteiger partial charge in [0.05, 0.1) is 17.8 Å². The Labute approximate surface area is 183 Å². The number of thiazole rings is 1. The number of aromatic nitrogens is 2. The number of rotatable bonds is 6. The lowest BCUT2D eigenvalue weighted by molar-refractivity contribution is 0.0690. The van der Waals surface area contributed by atoms with E-state index in [1.807, 2.05) is 19.1 Å². The highest BCUT2D eigenvalue weighted by molar-refractivity contribution is 7.15. The van der Waals surface area contributed by atoms with E-state index in [0.29, 0.717) is 11.6 Å². The quantitative estimate of drug-likeness (QED) is 0.520. The minimum atomic E-state index is -1.14. The van der Waals surface area contributed by atoms with Gasteiger partial charge in [0.15, 0.2) is 16.7 Å². The van der Waals surface area contributed by atoms with Crippen molar-refractivity contribution >= 4 is 39.8 Å². The van der Waals surface area contributed by atoms with Crippen LogP contribution in [0.25, 0.3) is 0 Å². The van der Waals surface area contributed by atoms with Gasteiger partial charge in [0.2, 0.25) is 0 Å². The average molecular weight is 442 g/mol. The maximum absolute atomic E-state index is 12.6. The third kappa shape index (κ3) is 5.21. The summed E-state index contributed by atoms with van der Waals surface area (Å²) in [5.74, 6) is -0.860. The van der Waals surface area contributed by atoms with Crippen LogP contribution in [0.3, 0.4) is 0 Å². The predicted molar refractivity (Wildman–Crippen MR) is 118 cm³/mol. The first-order valence-corrected chi connectivity index (χ1v) is 10.9. The number of aryl methyl sites for hydroxylation is 1. The highest BCUT2D eigenvalue weighted by Crippen LogP contribution is 2.30. The number of nitrogens with one attached hydrogen (secondary N) is 2. The molecule has 2 aromatic heterocycles. The van der Waals surface area contributed by atoms with Gasteiger partial charge in [-0.25, -0.2) is 19.6 Å². The largest absolute Gasteiger partial charge is 0.476 e. The van der Waals surface area contributed by atoms with Gasteiger partial charge in [-0.3, -0.25) is 5.32 Å². The smallest absolute Gasteiger partial charge is 0.357 e. The fourth-order valence-corrected chi connectivity index (χ4v) is 4.28. The van der Waals surface area contributed by atoms with Gasteiger partial charge in [-0.2, -0.15) is 0 Å². The highest BCUT2D eigenvalue weighted by Gasteiger charge is 2.17. The van der Waals surface area contributed by atoms with E-state index < -0.39 is 5.97 Å². The second-order valence-corrected chi connectivity index (χ2v) is 8.50. The first-order chi connectivity index (χ1) is 15.0. The highest BCUT2D eigenvalue weighted by atomic mass is 32.1. The summed E-state index contributed by atoms with van der Waals surface area (Å²) in [6.07, 6.45) is 6.55. The Morgan fingerprint density at radius 3 is 2.77 bits per heavy atom. The number of anilines is 3. The monoisotopic (exact) mass is 441 g/mol. The number of urea groups is 1. The molecule has 3 aromatic rings. The fraction of sp³-hybridized carbons (Fsp3) is 0.333. The molecule has 162 valence electrons. The van der Waals surface area contributed by atoms with Gasteiger partial charge in [0.1, 0.15) is 6.26 Å². The van der Waals surface area contributed by atoms with Crippen LogP contribution < -0.4 is 15.5 Å². The molecule has 1 aromatic carbocycles. The van der Waals surface area contributed by atoms with E-state index in [-0.39, 0.29) is 17.6 Å². The standard InChI is InChI=1S/C21H23N5O4S/c1-13-5-6-15(17(9-13)26-7-3-2-4-8-26)24-20(29)25-21-22-11-14(31-21)10-18-23-16(12-30-18)19(27)28/h5-6,9,11-12H,2-4,7-8,10H2,1H3,(H,27,28)(H2,22,24,25,29). The number of benzene rings is 1. The van der Waals surface area contributed by atoms with Crippen molar-refractivity contribution in [2.75, 3.05) is 28.6 Å². The van der Waals surface area contributed by atoms with Crippen molar-refractivity contribution in [2.24, 2.45) is 0 Å². The number of amides is 2. The van der Waals surface area contributed by atoms with Gasteiger partial charge in [-0.15, -0.1) is 11.3 Å². The van der Waals surface area contributed by atoms with E-state index in [1.165, 1.54) is 17.8 Å². The molecule has 1 aliphatic heterocycles. The minimum absolute atomic E-state index is 0.139. The summed E-state index contributed by atoms with van der Waals surface area (Å²) < 4.78 is 5.16. The SMILES string of the molecule is Cc1ccc(NC(=O)Nc2ncc(Cc3nc(C(=O)O)co3)s2)c(N2CCCCC2)c1. The van der Waals surface area contributed by atoms with Crippen molar-refractivity contribution in [3.05, 3.63) is 52.7 Å². The Morgan fingerprint density at radius 1 is 1.23 bits per heavy atom. The van der Waals surface area contributed by atoms with E-state index >= 15 is 0 Å². The zero-order valence-corrected chi connectivity index (χ0v) is 17.9. The average Bonchev–Trinajstić information content (AvgIpc) is 3.40. The van der Waals surface area contributed by atoms with Crippen LogP contribution in [-0.4, -0.2) is 40.2 Å². The molecule has 10 heteroatoms. The number of nitrogens with zero attached hydrogens (tertiary/aromatic N) is 3. The Kier molecular flexibility index (Phi) is 6.17. The molecule has 2 amide bonds. The van der Waals surface area contributed by atoms with Crippen LogP contribution in [0.15, 0.2) is 35.1 Å². The third-order valence-corrected chi connectivity index (χ3v) is 5.88. The first kappa shape index (κ1) is 20.9. The topological polar surface area (TPSA) is 121 Å². The molecule has 9 nitrogen and oxygen atoms in total. The number of hydrogen-bond acceptors (Lipinski definition) is 7. The fourth-order valence-electron chi connectivity index (χ4n) is 3.48. The summed E-state index contributed by atoms with van der Waals surface area (Å²) in [6.45, 7) is 4.02. The molecule has 31 heavy (non-hydrogen) atoms. The Balaban J connectivity index is 1.40. The van der Waals surface area contributed by atoms with Crippen molar-refractivity contribution in [1.29, 1.82) is 0 Å². The van der Waals surface area contributed by atoms with Crippen LogP contribution in [0.1, 0.15) is 46.1 Å². The van der Waals surface area contributed by atoms with Gasteiger partial charge in [-0.1, -0.05) is 6.07 Å². The minimum Gasteiger partial charge on any atom is -0.476 e. The van der Waals surface area contributed by atoms with Crippen LogP contribution in [0.4, 0.5) is 21.3 Å². The van der Waals surface area contributed by atoms with Gasteiger partial charge < -0.3 is 19.7 Å². The molecule has 0 saturated carbocycles. The maximum atomic E-state index is 12.6. The Bertz CT molecular complexity index is 1090. The molecule has 3 heterocycles. The number of hydrogen-bond donors (Lipinski definition) is 3. The number of carboxylic acid groups (broad SMARTS) is 1. The van der Waals surface area contributed by atoms with E-state index in [2.05, 4.69) is 31.6 Å². The molecule has 0 radical (unpaired) electrons. The van der Waals surface area contributed by atoms with Crippen molar-refractivity contribution in [3.63, 3.8) is 0 Å². The van der Waals surface area contributed by atoms with E-state index in [0.717, 1.165) is 54.0 Å². The number of piperidine rings is 1. The van der Waals surface area contributed by atoms with Crippen LogP contribution in [-0.2, 0) is 6.42 Å². The lowest BCUT2D eigenvalue weighted by atomic mass is 10.1. The summed E-state index contributed by atoms with van der Waals surface area (Å²) in [4.78, 5) is 34.7. The first-order valence-electron chi connectivity index (χ1n) is 10.0. The van der Waals surface area contributed by atoms with E-state index in [9.17, 15) is 9.59 Å². The second kappa shape index (κ2) is 9.17. The Hall–Kier alpha value is -3.40. The number of oxazole rings is 1. The molecule has 1 fully saturated rings. The van der Waals surface area contributed by atoms with Crippen molar-refractivity contribution in [1.82, 2.24) is 9.97 Å². The molecule has 0 unspecified atom stereocenters. The maximum Gasteiger partial charge on any atom is 0.357 e. The van der Waals surface area contributed by atoms with Gasteiger partial charge >= 0.3 is 12.0 Å². The zero-order valence-electron chi connectivity index (χ0n) is 17.1. The molecule has 0 spiro atoms. The predicted octanol–water partition coefficient (Wildman–Crippen LogP) is 4.36. The summed E-state index contributed by atoms with van der Waals surface area (Å²) in [5, 5.41) is 15.0. The number of carbonyl (C=O) groups excluding carboxylic acids is 1. The summed E-state index contributed by atoms with van der Waals surface area (Å²) in [6, 6.07) is 5.64. The molecule has 1 saturated heterocycles. The molecule has 3 N–H and O–H groups in total. The zero-order chi connectivity index (χ0) is 21.8. The van der Waals surface area contributed by atoms with E-state index in [1.54, 1.807) is 6.20 Å². The van der Waals surface area contributed by atoms with Crippen LogP contribution in [0.5, 0.6) is 0 Å². The lowest BCUT2D eigenvalue weighted by Gasteiger charge is -2.30.